The van der Waals surface area contributed by atoms with E-state index >= 15 is 0 Å². The van der Waals surface area contributed by atoms with Gasteiger partial charge in [0.2, 0.25) is 5.91 Å². The Morgan fingerprint density at radius 1 is 1.14 bits per heavy atom. The maximum atomic E-state index is 12.0. The first kappa shape index (κ1) is 23.6. The summed E-state index contributed by atoms with van der Waals surface area (Å²) in [7, 11) is 2.17. The van der Waals surface area contributed by atoms with Gasteiger partial charge in [0.1, 0.15) is 11.6 Å². The van der Waals surface area contributed by atoms with Crippen LogP contribution in [0.1, 0.15) is 31.0 Å². The molecule has 0 bridgehead atoms. The number of carbonyl (C=O) groups is 1. The van der Waals surface area contributed by atoms with Crippen molar-refractivity contribution in [1.29, 1.82) is 0 Å². The number of rotatable bonds is 7. The summed E-state index contributed by atoms with van der Waals surface area (Å²) in [6.45, 7) is 9.09. The number of amides is 1. The summed E-state index contributed by atoms with van der Waals surface area (Å²) in [5, 5.41) is 14.3. The monoisotopic (exact) mass is 492 g/mol. The van der Waals surface area contributed by atoms with Crippen LogP contribution in [0.4, 0.5) is 23.1 Å². The van der Waals surface area contributed by atoms with Gasteiger partial charge in [-0.1, -0.05) is 0 Å². The molecule has 184 valence electrons. The highest BCUT2D eigenvalue weighted by Crippen LogP contribution is 2.34. The van der Waals surface area contributed by atoms with Gasteiger partial charge in [0, 0.05) is 59.5 Å². The minimum absolute atomic E-state index is 0.114. The van der Waals surface area contributed by atoms with Crippen LogP contribution in [0, 0.1) is 19.8 Å². The molecule has 1 amide bonds. The lowest BCUT2D eigenvalue weighted by molar-refractivity contribution is -0.117. The Balaban J connectivity index is 1.40. The molecule has 2 aliphatic rings. The van der Waals surface area contributed by atoms with Crippen LogP contribution < -0.4 is 15.5 Å². The molecule has 9 nitrogen and oxygen atoms in total. The molecule has 2 aromatic heterocycles. The molecule has 1 atom stereocenters. The van der Waals surface area contributed by atoms with Crippen LogP contribution in [-0.4, -0.2) is 63.7 Å². The van der Waals surface area contributed by atoms with E-state index in [-0.39, 0.29) is 11.8 Å². The van der Waals surface area contributed by atoms with Gasteiger partial charge in [0.25, 0.3) is 0 Å². The van der Waals surface area contributed by atoms with Crippen molar-refractivity contribution < 1.29 is 4.79 Å². The fourth-order valence-electron chi connectivity index (χ4n) is 4.11. The van der Waals surface area contributed by atoms with Crippen LogP contribution in [0.25, 0.3) is 0 Å². The maximum Gasteiger partial charge on any atom is 0.227 e. The Morgan fingerprint density at radius 3 is 2.57 bits per heavy atom. The van der Waals surface area contributed by atoms with Crippen molar-refractivity contribution in [3.63, 3.8) is 0 Å². The molecule has 1 aromatic carbocycles. The number of hydrogen-bond acceptors (Lipinski definition) is 8. The molecule has 1 unspecified atom stereocenters. The van der Waals surface area contributed by atoms with E-state index in [2.05, 4.69) is 51.5 Å². The molecule has 0 spiro atoms. The Morgan fingerprint density at radius 2 is 1.91 bits per heavy atom. The maximum absolute atomic E-state index is 12.0. The Hall–Kier alpha value is -3.11. The van der Waals surface area contributed by atoms with Crippen molar-refractivity contribution in [2.24, 2.45) is 5.92 Å². The minimum atomic E-state index is 0.114. The lowest BCUT2D eigenvalue weighted by Gasteiger charge is -2.39. The highest BCUT2D eigenvalue weighted by molar-refractivity contribution is 7.99. The summed E-state index contributed by atoms with van der Waals surface area (Å²) in [5.74, 6) is 2.73. The largest absolute Gasteiger partial charge is 0.353 e. The molecule has 1 saturated heterocycles. The summed E-state index contributed by atoms with van der Waals surface area (Å²) in [4.78, 5) is 27.6. The van der Waals surface area contributed by atoms with E-state index in [1.165, 1.54) is 11.8 Å². The van der Waals surface area contributed by atoms with Crippen LogP contribution >= 0.6 is 11.8 Å². The fraction of sp³-hybridized carbons (Fsp3) is 0.440. The van der Waals surface area contributed by atoms with Gasteiger partial charge in [0.05, 0.1) is 0 Å². The van der Waals surface area contributed by atoms with Gasteiger partial charge in [-0.15, -0.1) is 0 Å². The zero-order chi connectivity index (χ0) is 24.5. The molecule has 2 fully saturated rings. The lowest BCUT2D eigenvalue weighted by Crippen LogP contribution is -2.50. The van der Waals surface area contributed by atoms with E-state index in [4.69, 9.17) is 9.97 Å². The third kappa shape index (κ3) is 5.59. The molecule has 10 heteroatoms. The van der Waals surface area contributed by atoms with Crippen molar-refractivity contribution in [3.05, 3.63) is 41.6 Å². The first-order valence-electron chi connectivity index (χ1n) is 12.1. The predicted octanol–water partition coefficient (Wildman–Crippen LogP) is 4.20. The summed E-state index contributed by atoms with van der Waals surface area (Å²) in [5.41, 5.74) is 2.81. The zero-order valence-corrected chi connectivity index (χ0v) is 21.4. The van der Waals surface area contributed by atoms with E-state index < -0.39 is 0 Å². The van der Waals surface area contributed by atoms with Crippen LogP contribution in [-0.2, 0) is 4.79 Å². The molecule has 0 radical (unpaired) electrons. The predicted molar refractivity (Wildman–Crippen MR) is 140 cm³/mol. The molecule has 5 rings (SSSR count). The van der Waals surface area contributed by atoms with Crippen molar-refractivity contribution in [2.75, 3.05) is 42.2 Å². The van der Waals surface area contributed by atoms with Crippen molar-refractivity contribution in [2.45, 2.75) is 49.7 Å². The number of aryl methyl sites for hydroxylation is 1. The SMILES string of the molecule is Cc1cc(Nc2nc(Sc3ccc(NC(=O)C4CC4)cc3)nc(N3CCN(C)C(C)C3)c2C)n[nH]1. The number of benzene rings is 1. The van der Waals surface area contributed by atoms with Crippen molar-refractivity contribution in [3.8, 4) is 0 Å². The van der Waals surface area contributed by atoms with Crippen LogP contribution in [0.2, 0.25) is 0 Å². The van der Waals surface area contributed by atoms with E-state index in [9.17, 15) is 4.79 Å². The number of carbonyl (C=O) groups excluding carboxylic acids is 1. The Bertz CT molecular complexity index is 1210. The molecule has 35 heavy (non-hydrogen) atoms. The number of aromatic nitrogens is 4. The number of H-pyrrole nitrogens is 1. The first-order chi connectivity index (χ1) is 16.9. The van der Waals surface area contributed by atoms with E-state index in [1.807, 2.05) is 37.3 Å². The average Bonchev–Trinajstić information content (AvgIpc) is 3.61. The number of nitrogens with one attached hydrogen (secondary N) is 3. The number of nitrogens with zero attached hydrogens (tertiary/aromatic N) is 5. The summed E-state index contributed by atoms with van der Waals surface area (Å²) in [6, 6.07) is 10.3. The molecule has 3 aromatic rings. The van der Waals surface area contributed by atoms with Crippen molar-refractivity contribution >= 4 is 40.8 Å². The second-order valence-corrected chi connectivity index (χ2v) is 10.6. The van der Waals surface area contributed by atoms with E-state index in [0.717, 1.165) is 71.8 Å². The second kappa shape index (κ2) is 9.87. The molecule has 1 aliphatic carbocycles. The Labute approximate surface area is 210 Å². The number of piperazine rings is 1. The number of likely N-dealkylation sites (N-methyl/N-ethyl adjacent to an activating group) is 1. The Kier molecular flexibility index (Phi) is 6.66. The third-order valence-corrected chi connectivity index (χ3v) is 7.46. The first-order valence-corrected chi connectivity index (χ1v) is 12.9. The van der Waals surface area contributed by atoms with Crippen LogP contribution in [0.5, 0.6) is 0 Å². The van der Waals surface area contributed by atoms with Crippen LogP contribution in [0.3, 0.4) is 0 Å². The number of anilines is 4. The van der Waals surface area contributed by atoms with Gasteiger partial charge in [-0.25, -0.2) is 9.97 Å². The van der Waals surface area contributed by atoms with Gasteiger partial charge < -0.3 is 20.4 Å². The second-order valence-electron chi connectivity index (χ2n) is 9.53. The van der Waals surface area contributed by atoms with Gasteiger partial charge in [-0.3, -0.25) is 9.89 Å². The number of hydrogen-bond donors (Lipinski definition) is 3. The van der Waals surface area contributed by atoms with Gasteiger partial charge in [0.15, 0.2) is 11.0 Å². The van der Waals surface area contributed by atoms with Gasteiger partial charge >= 0.3 is 0 Å². The zero-order valence-electron chi connectivity index (χ0n) is 20.6. The topological polar surface area (TPSA) is 102 Å². The van der Waals surface area contributed by atoms with Gasteiger partial charge in [-0.05, 0) is 76.7 Å². The molecule has 1 saturated carbocycles. The molecule has 3 heterocycles. The third-order valence-electron chi connectivity index (χ3n) is 6.59. The highest BCUT2D eigenvalue weighted by atomic mass is 32.2. The van der Waals surface area contributed by atoms with Crippen molar-refractivity contribution in [1.82, 2.24) is 25.1 Å². The van der Waals surface area contributed by atoms with E-state index in [0.29, 0.717) is 11.2 Å². The molecule has 3 N–H and O–H groups in total. The quantitative estimate of drug-likeness (QED) is 0.422. The summed E-state index contributed by atoms with van der Waals surface area (Å²) < 4.78 is 0. The number of aromatic amines is 1. The standard InChI is InChI=1S/C25H32N8OS/c1-15-13-21(31-30-15)27-22-17(3)23(33-12-11-32(4)16(2)14-33)29-25(28-22)35-20-9-7-19(8-10-20)26-24(34)18-5-6-18/h7-10,13,16,18H,5-6,11-12,14H2,1-4H3,(H,26,34)(H2,27,28,29,30,31). The highest BCUT2D eigenvalue weighted by Gasteiger charge is 2.29. The minimum Gasteiger partial charge on any atom is -0.353 e. The van der Waals surface area contributed by atoms with E-state index in [1.54, 1.807) is 0 Å². The fourth-order valence-corrected chi connectivity index (χ4v) is 4.86. The summed E-state index contributed by atoms with van der Waals surface area (Å²) in [6.07, 6.45) is 1.99. The molecular weight excluding hydrogens is 460 g/mol. The smallest absolute Gasteiger partial charge is 0.227 e. The molecule has 1 aliphatic heterocycles. The summed E-state index contributed by atoms with van der Waals surface area (Å²) >= 11 is 1.51. The van der Waals surface area contributed by atoms with Crippen LogP contribution in [0.15, 0.2) is 40.4 Å². The normalized spacial score (nSPS) is 18.5. The average molecular weight is 493 g/mol. The van der Waals surface area contributed by atoms with Gasteiger partial charge in [-0.2, -0.15) is 5.10 Å². The molecular formula is C25H32N8OS. The lowest BCUT2D eigenvalue weighted by atomic mass is 10.2.